The Balaban J connectivity index is 1.31. The highest BCUT2D eigenvalue weighted by atomic mass is 16.3. The van der Waals surface area contributed by atoms with Crippen molar-refractivity contribution in [3.8, 4) is 5.69 Å². The van der Waals surface area contributed by atoms with Crippen LogP contribution in [-0.2, 0) is 0 Å². The Bertz CT molecular complexity index is 789. The van der Waals surface area contributed by atoms with Gasteiger partial charge in [-0.3, -0.25) is 4.90 Å². The Hall–Kier alpha value is -2.03. The van der Waals surface area contributed by atoms with Crippen LogP contribution in [0.2, 0.25) is 0 Å². The van der Waals surface area contributed by atoms with Crippen molar-refractivity contribution in [2.24, 2.45) is 11.8 Å². The van der Waals surface area contributed by atoms with Gasteiger partial charge in [-0.15, -0.1) is 0 Å². The van der Waals surface area contributed by atoms with E-state index < -0.39 is 0 Å². The van der Waals surface area contributed by atoms with E-state index in [9.17, 15) is 5.11 Å². The van der Waals surface area contributed by atoms with Crippen LogP contribution in [-0.4, -0.2) is 93.6 Å². The van der Waals surface area contributed by atoms with Crippen molar-refractivity contribution in [2.45, 2.75) is 25.0 Å². The number of benzene rings is 1. The molecular formula is C20H29N7O. The van der Waals surface area contributed by atoms with Crippen molar-refractivity contribution in [3.63, 3.8) is 0 Å². The van der Waals surface area contributed by atoms with Gasteiger partial charge in [0.15, 0.2) is 0 Å². The molecule has 28 heavy (non-hydrogen) atoms. The Morgan fingerprint density at radius 3 is 2.43 bits per heavy atom. The zero-order valence-electron chi connectivity index (χ0n) is 16.4. The van der Waals surface area contributed by atoms with Crippen molar-refractivity contribution >= 4 is 5.95 Å². The zero-order valence-corrected chi connectivity index (χ0v) is 16.4. The third kappa shape index (κ3) is 3.29. The average molecular weight is 384 g/mol. The predicted octanol–water partition coefficient (Wildman–Crippen LogP) is 0.485. The second kappa shape index (κ2) is 7.42. The standard InChI is InChI=1S/C20H29N7O/c1-24-7-9-25(10-8-24)18-11-15-13-26(14-16(15)12-19(18)28)20-21-22-23-27(20)17-5-3-2-4-6-17/h2-6,15-16,18-19,28H,7-14H2,1H3/t15-,16+,18-,19-/m1/s1. The van der Waals surface area contributed by atoms with E-state index in [0.29, 0.717) is 17.9 Å². The number of likely N-dealkylation sites (N-methyl/N-ethyl adjacent to an activating group) is 1. The second-order valence-electron chi connectivity index (χ2n) is 8.60. The first kappa shape index (κ1) is 18.0. The van der Waals surface area contributed by atoms with Crippen LogP contribution in [0.5, 0.6) is 0 Å². The smallest absolute Gasteiger partial charge is 0.250 e. The first-order valence-electron chi connectivity index (χ1n) is 10.4. The van der Waals surface area contributed by atoms with E-state index in [1.54, 1.807) is 0 Å². The number of aromatic nitrogens is 4. The molecule has 1 aromatic carbocycles. The van der Waals surface area contributed by atoms with E-state index >= 15 is 0 Å². The number of para-hydroxylation sites is 1. The van der Waals surface area contributed by atoms with Gasteiger partial charge in [-0.2, -0.15) is 4.68 Å². The number of aliphatic hydroxyl groups is 1. The van der Waals surface area contributed by atoms with Gasteiger partial charge >= 0.3 is 0 Å². The molecule has 8 nitrogen and oxygen atoms in total. The summed E-state index contributed by atoms with van der Waals surface area (Å²) in [6, 6.07) is 10.3. The minimum Gasteiger partial charge on any atom is -0.391 e. The fourth-order valence-corrected chi connectivity index (χ4v) is 5.23. The highest BCUT2D eigenvalue weighted by Crippen LogP contribution is 2.39. The normalized spacial score (nSPS) is 31.9. The summed E-state index contributed by atoms with van der Waals surface area (Å²) in [5.41, 5.74) is 0.979. The van der Waals surface area contributed by atoms with Crippen molar-refractivity contribution < 1.29 is 5.11 Å². The summed E-state index contributed by atoms with van der Waals surface area (Å²) in [5, 5.41) is 23.3. The van der Waals surface area contributed by atoms with E-state index in [-0.39, 0.29) is 6.10 Å². The maximum absolute atomic E-state index is 10.9. The molecule has 4 atom stereocenters. The van der Waals surface area contributed by atoms with Crippen LogP contribution in [0.1, 0.15) is 12.8 Å². The van der Waals surface area contributed by atoms with Crippen LogP contribution >= 0.6 is 0 Å². The van der Waals surface area contributed by atoms with E-state index in [4.69, 9.17) is 0 Å². The van der Waals surface area contributed by atoms with Crippen LogP contribution in [0.4, 0.5) is 5.95 Å². The molecule has 0 amide bonds. The SMILES string of the molecule is CN1CCN([C@@H]2C[C@@H]3CN(c4nnnn4-c4ccccc4)C[C@@H]3C[C@H]2O)CC1. The summed E-state index contributed by atoms with van der Waals surface area (Å²) in [6.45, 7) is 6.20. The molecule has 0 unspecified atom stereocenters. The lowest BCUT2D eigenvalue weighted by Gasteiger charge is -2.44. The summed E-state index contributed by atoms with van der Waals surface area (Å²) >= 11 is 0. The molecule has 0 radical (unpaired) electrons. The molecule has 0 spiro atoms. The lowest BCUT2D eigenvalue weighted by atomic mass is 9.77. The largest absolute Gasteiger partial charge is 0.391 e. The number of hydrogen-bond acceptors (Lipinski definition) is 7. The molecule has 1 N–H and O–H groups in total. The van der Waals surface area contributed by atoms with Crippen LogP contribution in [0.25, 0.3) is 5.69 Å². The van der Waals surface area contributed by atoms with Crippen LogP contribution < -0.4 is 4.90 Å². The molecule has 5 rings (SSSR count). The van der Waals surface area contributed by atoms with Gasteiger partial charge in [0.25, 0.3) is 0 Å². The van der Waals surface area contributed by atoms with Gasteiger partial charge < -0.3 is 14.9 Å². The summed E-state index contributed by atoms with van der Waals surface area (Å²) in [4.78, 5) is 7.19. The van der Waals surface area contributed by atoms with E-state index in [1.807, 2.05) is 35.0 Å². The molecule has 150 valence electrons. The fourth-order valence-electron chi connectivity index (χ4n) is 5.23. The first-order chi connectivity index (χ1) is 13.7. The number of rotatable bonds is 3. The maximum atomic E-state index is 10.9. The van der Waals surface area contributed by atoms with Gasteiger partial charge in [-0.1, -0.05) is 23.3 Å². The molecule has 3 heterocycles. The Morgan fingerprint density at radius 2 is 1.68 bits per heavy atom. The summed E-state index contributed by atoms with van der Waals surface area (Å²) in [7, 11) is 2.18. The van der Waals surface area contributed by atoms with Gasteiger partial charge in [-0.05, 0) is 54.3 Å². The van der Waals surface area contributed by atoms with Crippen molar-refractivity contribution in [1.82, 2.24) is 30.0 Å². The van der Waals surface area contributed by atoms with Crippen LogP contribution in [0, 0.1) is 11.8 Å². The van der Waals surface area contributed by atoms with Crippen molar-refractivity contribution in [2.75, 3.05) is 51.2 Å². The number of nitrogens with zero attached hydrogens (tertiary/aromatic N) is 7. The van der Waals surface area contributed by atoms with E-state index in [2.05, 4.69) is 37.3 Å². The molecule has 0 bridgehead atoms. The minimum atomic E-state index is -0.227. The number of anilines is 1. The monoisotopic (exact) mass is 383 g/mol. The molecule has 2 aliphatic heterocycles. The summed E-state index contributed by atoms with van der Waals surface area (Å²) in [5.74, 6) is 1.92. The van der Waals surface area contributed by atoms with Gasteiger partial charge in [-0.25, -0.2) is 0 Å². The fraction of sp³-hybridized carbons (Fsp3) is 0.650. The quantitative estimate of drug-likeness (QED) is 0.827. The first-order valence-corrected chi connectivity index (χ1v) is 10.4. The second-order valence-corrected chi connectivity index (χ2v) is 8.60. The van der Waals surface area contributed by atoms with Crippen molar-refractivity contribution in [3.05, 3.63) is 30.3 Å². The molecule has 2 saturated heterocycles. The predicted molar refractivity (Wildman–Crippen MR) is 106 cm³/mol. The van der Waals surface area contributed by atoms with Gasteiger partial charge in [0.1, 0.15) is 0 Å². The number of hydrogen-bond donors (Lipinski definition) is 1. The number of tetrazole rings is 1. The molecule has 8 heteroatoms. The van der Waals surface area contributed by atoms with Gasteiger partial charge in [0.2, 0.25) is 5.95 Å². The summed E-state index contributed by atoms with van der Waals surface area (Å²) < 4.78 is 1.83. The molecule has 1 aromatic heterocycles. The number of aliphatic hydroxyl groups excluding tert-OH is 1. The Morgan fingerprint density at radius 1 is 0.964 bits per heavy atom. The number of fused-ring (bicyclic) bond motifs is 1. The van der Waals surface area contributed by atoms with Gasteiger partial charge in [0.05, 0.1) is 11.8 Å². The third-order valence-electron chi connectivity index (χ3n) is 6.85. The van der Waals surface area contributed by atoms with Crippen LogP contribution in [0.15, 0.2) is 30.3 Å². The van der Waals surface area contributed by atoms with E-state index in [0.717, 1.165) is 63.7 Å². The van der Waals surface area contributed by atoms with Crippen LogP contribution in [0.3, 0.4) is 0 Å². The Labute approximate surface area is 165 Å². The number of piperazine rings is 1. The Kier molecular flexibility index (Phi) is 4.78. The topological polar surface area (TPSA) is 73.5 Å². The molecule has 3 fully saturated rings. The molecule has 2 aromatic rings. The summed E-state index contributed by atoms with van der Waals surface area (Å²) in [6.07, 6.45) is 1.72. The average Bonchev–Trinajstić information content (AvgIpc) is 3.35. The molecule has 1 saturated carbocycles. The van der Waals surface area contributed by atoms with Gasteiger partial charge in [0, 0.05) is 45.3 Å². The third-order valence-corrected chi connectivity index (χ3v) is 6.85. The molecular weight excluding hydrogens is 354 g/mol. The molecule has 3 aliphatic rings. The minimum absolute atomic E-state index is 0.227. The highest BCUT2D eigenvalue weighted by Gasteiger charge is 2.44. The molecule has 1 aliphatic carbocycles. The lowest BCUT2D eigenvalue weighted by molar-refractivity contribution is -0.0249. The maximum Gasteiger partial charge on any atom is 0.250 e. The highest BCUT2D eigenvalue weighted by molar-refractivity contribution is 5.41. The zero-order chi connectivity index (χ0) is 19.1. The lowest BCUT2D eigenvalue weighted by Crippen LogP contribution is -2.55. The van der Waals surface area contributed by atoms with Crippen molar-refractivity contribution in [1.29, 1.82) is 0 Å². The van der Waals surface area contributed by atoms with E-state index in [1.165, 1.54) is 0 Å².